The van der Waals surface area contributed by atoms with Gasteiger partial charge in [-0.2, -0.15) is 0 Å². The van der Waals surface area contributed by atoms with Gasteiger partial charge in [0.25, 0.3) is 5.91 Å². The van der Waals surface area contributed by atoms with Crippen LogP contribution >= 0.6 is 0 Å². The van der Waals surface area contributed by atoms with Crippen LogP contribution in [0.5, 0.6) is 5.75 Å². The summed E-state index contributed by atoms with van der Waals surface area (Å²) in [6.45, 7) is 7.08. The molecule has 0 atom stereocenters. The van der Waals surface area contributed by atoms with Crippen LogP contribution in [0.1, 0.15) is 40.2 Å². The normalized spacial score (nSPS) is 16.1. The van der Waals surface area contributed by atoms with Crippen molar-refractivity contribution in [2.24, 2.45) is 5.92 Å². The van der Waals surface area contributed by atoms with Crippen molar-refractivity contribution in [3.63, 3.8) is 0 Å². The number of amides is 1. The molecular weight excluding hydrogens is 318 g/mol. The van der Waals surface area contributed by atoms with Gasteiger partial charge in [-0.15, -0.1) is 0 Å². The minimum absolute atomic E-state index is 0.0987. The highest BCUT2D eigenvalue weighted by Gasteiger charge is 2.22. The number of likely N-dealkylation sites (tertiary alicyclic amines) is 1. The predicted molar refractivity (Wildman–Crippen MR) is 94.4 cm³/mol. The van der Waals surface area contributed by atoms with Crippen LogP contribution in [0, 0.1) is 19.8 Å². The Hall–Kier alpha value is -2.34. The number of nitrogens with one attached hydrogen (secondary N) is 1. The number of phenols is 1. The number of rotatable bonds is 5. The third kappa shape index (κ3) is 4.39. The number of benzene rings is 1. The van der Waals surface area contributed by atoms with Crippen LogP contribution in [0.2, 0.25) is 0 Å². The van der Waals surface area contributed by atoms with Crippen molar-refractivity contribution in [1.29, 1.82) is 0 Å². The van der Waals surface area contributed by atoms with E-state index in [1.54, 1.807) is 19.9 Å². The Morgan fingerprint density at radius 3 is 2.76 bits per heavy atom. The molecule has 0 aliphatic carbocycles. The first-order valence-electron chi connectivity index (χ1n) is 8.74. The van der Waals surface area contributed by atoms with Gasteiger partial charge in [0.2, 0.25) is 0 Å². The maximum absolute atomic E-state index is 12.3. The Kier molecular flexibility index (Phi) is 5.38. The number of aromatic nitrogens is 1. The van der Waals surface area contributed by atoms with Crippen LogP contribution in [-0.4, -0.2) is 40.7 Å². The van der Waals surface area contributed by atoms with Crippen LogP contribution in [0.4, 0.5) is 0 Å². The first-order chi connectivity index (χ1) is 12.0. The molecule has 2 heterocycles. The molecule has 0 radical (unpaired) electrons. The van der Waals surface area contributed by atoms with Crippen LogP contribution in [-0.2, 0) is 6.54 Å². The van der Waals surface area contributed by atoms with E-state index < -0.39 is 0 Å². The Morgan fingerprint density at radius 1 is 1.36 bits per heavy atom. The van der Waals surface area contributed by atoms with Gasteiger partial charge in [-0.05, 0) is 63.4 Å². The number of aryl methyl sites for hydroxylation is 2. The molecule has 1 aromatic carbocycles. The Morgan fingerprint density at radius 2 is 2.12 bits per heavy atom. The molecule has 6 nitrogen and oxygen atoms in total. The molecule has 1 aliphatic rings. The van der Waals surface area contributed by atoms with Crippen LogP contribution in [0.15, 0.2) is 28.8 Å². The Balaban J connectivity index is 1.44. The molecule has 134 valence electrons. The first kappa shape index (κ1) is 17.5. The number of carbonyl (C=O) groups is 1. The van der Waals surface area contributed by atoms with E-state index in [0.29, 0.717) is 35.2 Å². The molecule has 1 aliphatic heterocycles. The summed E-state index contributed by atoms with van der Waals surface area (Å²) < 4.78 is 5.05. The number of phenolic OH excluding ortho intramolecular Hbond substituents is 1. The summed E-state index contributed by atoms with van der Waals surface area (Å²) in [5, 5.41) is 16.4. The summed E-state index contributed by atoms with van der Waals surface area (Å²) in [4.78, 5) is 14.7. The van der Waals surface area contributed by atoms with E-state index in [4.69, 9.17) is 4.52 Å². The SMILES string of the molecule is Cc1noc(C)c1C(=O)NCC1CCN(Cc2cccc(O)c2)CC1. The van der Waals surface area contributed by atoms with E-state index in [1.165, 1.54) is 0 Å². The monoisotopic (exact) mass is 343 g/mol. The number of carbonyl (C=O) groups excluding carboxylic acids is 1. The molecule has 25 heavy (non-hydrogen) atoms. The van der Waals surface area contributed by atoms with E-state index in [1.807, 2.05) is 18.2 Å². The molecule has 3 rings (SSSR count). The van der Waals surface area contributed by atoms with Gasteiger partial charge in [0, 0.05) is 13.1 Å². The molecule has 0 unspecified atom stereocenters. The van der Waals surface area contributed by atoms with E-state index in [9.17, 15) is 9.90 Å². The topological polar surface area (TPSA) is 78.6 Å². The van der Waals surface area contributed by atoms with Gasteiger partial charge in [0.15, 0.2) is 0 Å². The van der Waals surface area contributed by atoms with Gasteiger partial charge in [-0.1, -0.05) is 17.3 Å². The number of hydrogen-bond acceptors (Lipinski definition) is 5. The number of hydrogen-bond donors (Lipinski definition) is 2. The molecule has 1 amide bonds. The smallest absolute Gasteiger partial charge is 0.256 e. The van der Waals surface area contributed by atoms with Crippen molar-refractivity contribution in [3.05, 3.63) is 46.8 Å². The minimum atomic E-state index is -0.0987. The lowest BCUT2D eigenvalue weighted by Crippen LogP contribution is -2.38. The fourth-order valence-corrected chi connectivity index (χ4v) is 3.39. The van der Waals surface area contributed by atoms with E-state index >= 15 is 0 Å². The lowest BCUT2D eigenvalue weighted by atomic mass is 9.96. The van der Waals surface area contributed by atoms with Crippen molar-refractivity contribution in [2.45, 2.75) is 33.2 Å². The van der Waals surface area contributed by atoms with Gasteiger partial charge in [0.1, 0.15) is 17.1 Å². The van der Waals surface area contributed by atoms with Crippen LogP contribution < -0.4 is 5.32 Å². The van der Waals surface area contributed by atoms with Gasteiger partial charge in [-0.25, -0.2) is 0 Å². The largest absolute Gasteiger partial charge is 0.508 e. The first-order valence-corrected chi connectivity index (χ1v) is 8.74. The van der Waals surface area contributed by atoms with Gasteiger partial charge < -0.3 is 14.9 Å². The number of nitrogens with zero attached hydrogens (tertiary/aromatic N) is 2. The number of piperidine rings is 1. The van der Waals surface area contributed by atoms with E-state index in [-0.39, 0.29) is 5.91 Å². The highest BCUT2D eigenvalue weighted by Crippen LogP contribution is 2.20. The molecule has 0 saturated carbocycles. The van der Waals surface area contributed by atoms with Crippen molar-refractivity contribution in [1.82, 2.24) is 15.4 Å². The number of aromatic hydroxyl groups is 1. The van der Waals surface area contributed by atoms with E-state index in [0.717, 1.165) is 38.0 Å². The summed E-state index contributed by atoms with van der Waals surface area (Å²) in [7, 11) is 0. The molecule has 1 fully saturated rings. The average Bonchev–Trinajstić information content (AvgIpc) is 2.93. The molecule has 1 aromatic heterocycles. The van der Waals surface area contributed by atoms with Gasteiger partial charge >= 0.3 is 0 Å². The average molecular weight is 343 g/mol. The lowest BCUT2D eigenvalue weighted by molar-refractivity contribution is 0.0933. The third-order valence-electron chi connectivity index (χ3n) is 4.84. The predicted octanol–water partition coefficient (Wildman–Crippen LogP) is 2.64. The molecule has 2 N–H and O–H groups in total. The highest BCUT2D eigenvalue weighted by atomic mass is 16.5. The molecular formula is C19H25N3O3. The summed E-state index contributed by atoms with van der Waals surface area (Å²) in [5.74, 6) is 1.27. The fraction of sp³-hybridized carbons (Fsp3) is 0.474. The minimum Gasteiger partial charge on any atom is -0.508 e. The Bertz CT molecular complexity index is 714. The Labute approximate surface area is 147 Å². The van der Waals surface area contributed by atoms with Crippen LogP contribution in [0.3, 0.4) is 0 Å². The second-order valence-corrected chi connectivity index (χ2v) is 6.80. The van der Waals surface area contributed by atoms with Crippen molar-refractivity contribution >= 4 is 5.91 Å². The molecule has 2 aromatic rings. The van der Waals surface area contributed by atoms with Crippen molar-refractivity contribution < 1.29 is 14.4 Å². The molecule has 0 bridgehead atoms. The quantitative estimate of drug-likeness (QED) is 0.872. The molecule has 1 saturated heterocycles. The highest BCUT2D eigenvalue weighted by molar-refractivity contribution is 5.96. The second kappa shape index (κ2) is 7.70. The van der Waals surface area contributed by atoms with Gasteiger partial charge in [0.05, 0.1) is 5.69 Å². The lowest BCUT2D eigenvalue weighted by Gasteiger charge is -2.32. The van der Waals surface area contributed by atoms with E-state index in [2.05, 4.69) is 15.4 Å². The third-order valence-corrected chi connectivity index (χ3v) is 4.84. The van der Waals surface area contributed by atoms with Gasteiger partial charge in [-0.3, -0.25) is 9.69 Å². The second-order valence-electron chi connectivity index (χ2n) is 6.80. The zero-order valence-corrected chi connectivity index (χ0v) is 14.8. The molecule has 0 spiro atoms. The van der Waals surface area contributed by atoms with Crippen molar-refractivity contribution in [3.8, 4) is 5.75 Å². The van der Waals surface area contributed by atoms with Crippen LogP contribution in [0.25, 0.3) is 0 Å². The maximum Gasteiger partial charge on any atom is 0.256 e. The summed E-state index contributed by atoms with van der Waals surface area (Å²) in [6, 6.07) is 7.42. The maximum atomic E-state index is 12.3. The van der Waals surface area contributed by atoms with Crippen molar-refractivity contribution in [2.75, 3.05) is 19.6 Å². The molecule has 6 heteroatoms. The zero-order valence-electron chi connectivity index (χ0n) is 14.8. The standard InChI is InChI=1S/C19H25N3O3/c1-13-18(14(2)25-21-13)19(24)20-11-15-6-8-22(9-7-15)12-16-4-3-5-17(23)10-16/h3-5,10,15,23H,6-9,11-12H2,1-2H3,(H,20,24). The zero-order chi connectivity index (χ0) is 17.8. The summed E-state index contributed by atoms with van der Waals surface area (Å²) >= 11 is 0. The summed E-state index contributed by atoms with van der Waals surface area (Å²) in [5.41, 5.74) is 2.32. The summed E-state index contributed by atoms with van der Waals surface area (Å²) in [6.07, 6.45) is 2.11. The fourth-order valence-electron chi connectivity index (χ4n) is 3.39.